The summed E-state index contributed by atoms with van der Waals surface area (Å²) in [6, 6.07) is 4.98. The molecule has 13 heteroatoms. The van der Waals surface area contributed by atoms with Crippen molar-refractivity contribution in [3.63, 3.8) is 0 Å². The third-order valence-electron chi connectivity index (χ3n) is 7.32. The number of halogens is 2. The highest BCUT2D eigenvalue weighted by atomic mass is 127. The van der Waals surface area contributed by atoms with Crippen LogP contribution >= 0.6 is 22.6 Å². The van der Waals surface area contributed by atoms with E-state index < -0.39 is 31.4 Å². The largest absolute Gasteiger partial charge is 0.484 e. The molecule has 1 N–H and O–H groups in total. The van der Waals surface area contributed by atoms with Crippen molar-refractivity contribution in [3.05, 3.63) is 39.5 Å². The smallest absolute Gasteiger partial charge is 0.408 e. The topological polar surface area (TPSA) is 104 Å². The van der Waals surface area contributed by atoms with Crippen LogP contribution in [0.2, 0.25) is 25.7 Å². The van der Waals surface area contributed by atoms with E-state index in [1.807, 2.05) is 20.8 Å². The quantitative estimate of drug-likeness (QED) is 0.186. The van der Waals surface area contributed by atoms with E-state index >= 15 is 0 Å². The Kier molecular flexibility index (Phi) is 8.24. The average molecular weight is 697 g/mol. The number of piperidine rings is 1. The number of aromatic nitrogens is 4. The first kappa shape index (κ1) is 30.0. The standard InChI is InChI=1S/C28H38FIN6O4Si/c1-27(2,3)40-26(37)33-23-19-15-18(29)7-8-20(19)39-28(23)9-11-35(12-10-28)21-16-31-22-24(30)34-36(25(22)32-21)17-38-13-14-41(4,5)6/h7-8,15-16,23H,9-14,17H2,1-6H3,(H,33,37)/t23-/m1/s1. The lowest BCUT2D eigenvalue weighted by atomic mass is 9.82. The third-order valence-corrected chi connectivity index (χ3v) is 9.75. The molecule has 222 valence electrons. The molecule has 5 rings (SSSR count). The van der Waals surface area contributed by atoms with Crippen molar-refractivity contribution in [1.29, 1.82) is 0 Å². The summed E-state index contributed by atoms with van der Waals surface area (Å²) < 4.78 is 34.7. The van der Waals surface area contributed by atoms with E-state index in [4.69, 9.17) is 19.2 Å². The second-order valence-electron chi connectivity index (χ2n) is 13.0. The van der Waals surface area contributed by atoms with Crippen molar-refractivity contribution >= 4 is 53.7 Å². The molecule has 10 nitrogen and oxygen atoms in total. The fraction of sp³-hybridized carbons (Fsp3) is 0.571. The number of hydrogen-bond acceptors (Lipinski definition) is 8. The Hall–Kier alpha value is -2.52. The first-order valence-electron chi connectivity index (χ1n) is 13.9. The van der Waals surface area contributed by atoms with E-state index in [-0.39, 0.29) is 5.82 Å². The van der Waals surface area contributed by atoms with Crippen LogP contribution in [0.5, 0.6) is 5.75 Å². The number of carbonyl (C=O) groups excluding carboxylic acids is 1. The fourth-order valence-corrected chi connectivity index (χ4v) is 6.60. The molecule has 41 heavy (non-hydrogen) atoms. The normalized spacial score (nSPS) is 18.4. The first-order valence-corrected chi connectivity index (χ1v) is 18.7. The van der Waals surface area contributed by atoms with Gasteiger partial charge in [-0.3, -0.25) is 0 Å². The molecule has 3 aromatic rings. The Morgan fingerprint density at radius 3 is 2.68 bits per heavy atom. The number of benzene rings is 1. The summed E-state index contributed by atoms with van der Waals surface area (Å²) in [6.45, 7) is 14.7. The molecule has 0 radical (unpaired) electrons. The van der Waals surface area contributed by atoms with Crippen LogP contribution < -0.4 is 15.0 Å². The van der Waals surface area contributed by atoms with Crippen LogP contribution in [0.25, 0.3) is 11.2 Å². The molecule has 0 unspecified atom stereocenters. The Labute approximate surface area is 254 Å². The molecule has 1 fully saturated rings. The molecule has 4 heterocycles. The van der Waals surface area contributed by atoms with Gasteiger partial charge in [-0.2, -0.15) is 5.10 Å². The van der Waals surface area contributed by atoms with E-state index in [2.05, 4.69) is 62.5 Å². The molecular formula is C28H38FIN6O4Si. The van der Waals surface area contributed by atoms with Gasteiger partial charge >= 0.3 is 6.09 Å². The van der Waals surface area contributed by atoms with Crippen LogP contribution in [0.15, 0.2) is 24.4 Å². The lowest BCUT2D eigenvalue weighted by Gasteiger charge is -2.42. The maximum atomic E-state index is 14.3. The molecule has 2 aliphatic heterocycles. The zero-order valence-corrected chi connectivity index (χ0v) is 27.6. The summed E-state index contributed by atoms with van der Waals surface area (Å²) >= 11 is 2.18. The lowest BCUT2D eigenvalue weighted by Crippen LogP contribution is -2.54. The molecule has 2 aromatic heterocycles. The molecule has 2 aliphatic rings. The van der Waals surface area contributed by atoms with Gasteiger partial charge in [-0.05, 0) is 67.6 Å². The number of nitrogens with zero attached hydrogens (tertiary/aromatic N) is 5. The van der Waals surface area contributed by atoms with Gasteiger partial charge in [0.1, 0.15) is 46.9 Å². The monoisotopic (exact) mass is 696 g/mol. The van der Waals surface area contributed by atoms with Gasteiger partial charge in [0.15, 0.2) is 9.35 Å². The Balaban J connectivity index is 1.32. The van der Waals surface area contributed by atoms with Gasteiger partial charge < -0.3 is 24.4 Å². The Bertz CT molecular complexity index is 1430. The van der Waals surface area contributed by atoms with Crippen LogP contribution in [0, 0.1) is 9.52 Å². The Morgan fingerprint density at radius 1 is 1.27 bits per heavy atom. The van der Waals surface area contributed by atoms with Crippen LogP contribution in [0.3, 0.4) is 0 Å². The number of alkyl carbamates (subject to hydrolysis) is 1. The van der Waals surface area contributed by atoms with Gasteiger partial charge in [0, 0.05) is 46.2 Å². The fourth-order valence-electron chi connectivity index (χ4n) is 5.21. The minimum atomic E-state index is -1.19. The zero-order valence-electron chi connectivity index (χ0n) is 24.5. The van der Waals surface area contributed by atoms with Gasteiger partial charge in [0.2, 0.25) is 0 Å². The minimum absolute atomic E-state index is 0.325. The molecule has 1 spiro atoms. The lowest BCUT2D eigenvalue weighted by molar-refractivity contribution is 0.0149. The number of rotatable bonds is 7. The van der Waals surface area contributed by atoms with Crippen molar-refractivity contribution in [2.75, 3.05) is 24.6 Å². The number of nitrogens with one attached hydrogen (secondary N) is 1. The Morgan fingerprint density at radius 2 is 2.00 bits per heavy atom. The number of carbonyl (C=O) groups is 1. The van der Waals surface area contributed by atoms with E-state index in [0.717, 1.165) is 21.1 Å². The highest BCUT2D eigenvalue weighted by molar-refractivity contribution is 14.1. The van der Waals surface area contributed by atoms with Crippen molar-refractivity contribution in [2.24, 2.45) is 0 Å². The average Bonchev–Trinajstić information content (AvgIpc) is 3.34. The molecule has 1 aromatic carbocycles. The molecule has 0 saturated carbocycles. The zero-order chi connectivity index (χ0) is 29.6. The predicted octanol–water partition coefficient (Wildman–Crippen LogP) is 5.88. The highest BCUT2D eigenvalue weighted by Gasteiger charge is 2.51. The van der Waals surface area contributed by atoms with E-state index in [9.17, 15) is 9.18 Å². The molecule has 0 bridgehead atoms. The molecule has 1 atom stereocenters. The van der Waals surface area contributed by atoms with Gasteiger partial charge in [-0.15, -0.1) is 0 Å². The van der Waals surface area contributed by atoms with Crippen LogP contribution in [0.4, 0.5) is 15.0 Å². The highest BCUT2D eigenvalue weighted by Crippen LogP contribution is 2.49. The second-order valence-corrected chi connectivity index (χ2v) is 19.6. The summed E-state index contributed by atoms with van der Waals surface area (Å²) in [7, 11) is -1.19. The number of amides is 1. The molecule has 1 saturated heterocycles. The summed E-state index contributed by atoms with van der Waals surface area (Å²) in [5.74, 6) is 0.942. The molecular weight excluding hydrogens is 658 g/mol. The summed E-state index contributed by atoms with van der Waals surface area (Å²) in [6.07, 6.45) is 2.38. The number of hydrogen-bond donors (Lipinski definition) is 1. The third kappa shape index (κ3) is 6.77. The molecule has 0 aliphatic carbocycles. The summed E-state index contributed by atoms with van der Waals surface area (Å²) in [5, 5.41) is 7.58. The maximum Gasteiger partial charge on any atom is 0.408 e. The first-order chi connectivity index (χ1) is 19.2. The molecule has 1 amide bonds. The second kappa shape index (κ2) is 11.3. The van der Waals surface area contributed by atoms with Crippen LogP contribution in [-0.4, -0.2) is 64.8 Å². The summed E-state index contributed by atoms with van der Waals surface area (Å²) in [5.41, 5.74) is 0.659. The van der Waals surface area contributed by atoms with E-state index in [1.54, 1.807) is 16.9 Å². The van der Waals surface area contributed by atoms with Crippen molar-refractivity contribution in [1.82, 2.24) is 25.1 Å². The predicted molar refractivity (Wildman–Crippen MR) is 165 cm³/mol. The minimum Gasteiger partial charge on any atom is -0.484 e. The number of fused-ring (bicyclic) bond motifs is 2. The van der Waals surface area contributed by atoms with Crippen LogP contribution in [0.1, 0.15) is 45.2 Å². The van der Waals surface area contributed by atoms with Gasteiger partial charge in [0.05, 0.1) is 6.20 Å². The summed E-state index contributed by atoms with van der Waals surface area (Å²) in [4.78, 5) is 24.6. The number of anilines is 1. The van der Waals surface area contributed by atoms with E-state index in [1.165, 1.54) is 12.1 Å². The van der Waals surface area contributed by atoms with Gasteiger partial charge in [0.25, 0.3) is 0 Å². The van der Waals surface area contributed by atoms with Crippen molar-refractivity contribution < 1.29 is 23.4 Å². The maximum absolute atomic E-state index is 14.3. The van der Waals surface area contributed by atoms with Crippen LogP contribution in [-0.2, 0) is 16.2 Å². The number of ether oxygens (including phenoxy) is 3. The SMILES string of the molecule is CC(C)(C)OC(=O)N[C@@H]1c2cc(F)ccc2OC12CCN(c1cnc3c(I)nn(COCC[Si](C)(C)C)c3n1)CC2. The van der Waals surface area contributed by atoms with Gasteiger partial charge in [-0.1, -0.05) is 19.6 Å². The van der Waals surface area contributed by atoms with E-state index in [0.29, 0.717) is 56.2 Å². The van der Waals surface area contributed by atoms with Crippen molar-refractivity contribution in [3.8, 4) is 5.75 Å². The van der Waals surface area contributed by atoms with Gasteiger partial charge in [-0.25, -0.2) is 23.8 Å². The van der Waals surface area contributed by atoms with Crippen molar-refractivity contribution in [2.45, 2.75) is 83.3 Å².